The van der Waals surface area contributed by atoms with Gasteiger partial charge < -0.3 is 10.1 Å². The molecule has 0 fully saturated rings. The molecule has 3 aromatic rings. The summed E-state index contributed by atoms with van der Waals surface area (Å²) >= 11 is 0. The first-order chi connectivity index (χ1) is 16.2. The molecule has 1 unspecified atom stereocenters. The van der Waals surface area contributed by atoms with Crippen molar-refractivity contribution in [3.63, 3.8) is 0 Å². The molecule has 174 valence electrons. The summed E-state index contributed by atoms with van der Waals surface area (Å²) in [5, 5.41) is 9.20. The predicted molar refractivity (Wildman–Crippen MR) is 117 cm³/mol. The molecule has 4 rings (SSSR count). The second-order valence-corrected chi connectivity index (χ2v) is 7.63. The molecule has 0 spiro atoms. The van der Waals surface area contributed by atoms with E-state index in [0.717, 1.165) is 11.6 Å². The third kappa shape index (κ3) is 4.34. The first-order valence-electron chi connectivity index (χ1n) is 10.2. The van der Waals surface area contributed by atoms with E-state index in [0.29, 0.717) is 11.4 Å². The zero-order valence-corrected chi connectivity index (χ0v) is 17.9. The average Bonchev–Trinajstić information content (AvgIpc) is 3.30. The summed E-state index contributed by atoms with van der Waals surface area (Å²) in [4.78, 5) is 25.1. The van der Waals surface area contributed by atoms with Crippen LogP contribution in [0.3, 0.4) is 0 Å². The Labute approximate surface area is 192 Å². The molecule has 0 bridgehead atoms. The van der Waals surface area contributed by atoms with Gasteiger partial charge in [0.2, 0.25) is 0 Å². The number of amides is 2. The number of carbonyl (C=O) groups is 2. The lowest BCUT2D eigenvalue weighted by Crippen LogP contribution is -2.25. The maximum absolute atomic E-state index is 13.3. The van der Waals surface area contributed by atoms with Gasteiger partial charge in [-0.1, -0.05) is 35.9 Å². The maximum Gasteiger partial charge on any atom is 0.416 e. The number of benzene rings is 2. The van der Waals surface area contributed by atoms with Crippen LogP contribution >= 0.6 is 0 Å². The maximum atomic E-state index is 13.3. The lowest BCUT2D eigenvalue weighted by Gasteiger charge is -2.21. The summed E-state index contributed by atoms with van der Waals surface area (Å²) in [5.74, 6) is -0.627. The molecule has 1 atom stereocenters. The minimum absolute atomic E-state index is 0.0643. The molecule has 0 saturated carbocycles. The Morgan fingerprint density at radius 1 is 1.29 bits per heavy atom. The molecule has 2 aromatic carbocycles. The zero-order chi connectivity index (χ0) is 24.5. The van der Waals surface area contributed by atoms with Gasteiger partial charge in [0.15, 0.2) is 0 Å². The van der Waals surface area contributed by atoms with Crippen LogP contribution in [0.25, 0.3) is 0 Å². The number of H-pyrrole nitrogens is 1. The fraction of sp³-hybridized carbons (Fsp3) is 0.167. The zero-order valence-electron chi connectivity index (χ0n) is 17.9. The highest BCUT2D eigenvalue weighted by Gasteiger charge is 2.37. The van der Waals surface area contributed by atoms with E-state index < -0.39 is 30.2 Å². The lowest BCUT2D eigenvalue weighted by atomic mass is 9.86. The minimum Gasteiger partial charge on any atom is -0.488 e. The van der Waals surface area contributed by atoms with Crippen molar-refractivity contribution in [1.82, 2.24) is 15.5 Å². The topological polar surface area (TPSA) is 87.1 Å². The number of nitrogens with one attached hydrogen (secondary N) is 2. The van der Waals surface area contributed by atoms with E-state index >= 15 is 0 Å². The van der Waals surface area contributed by atoms with E-state index in [1.807, 2.05) is 0 Å². The Balaban J connectivity index is 1.69. The Kier molecular flexibility index (Phi) is 6.06. The van der Waals surface area contributed by atoms with Gasteiger partial charge in [-0.3, -0.25) is 4.79 Å². The monoisotopic (exact) mass is 469 g/mol. The lowest BCUT2D eigenvalue weighted by molar-refractivity contribution is -0.367. The van der Waals surface area contributed by atoms with Crippen LogP contribution in [0.5, 0.6) is 5.75 Å². The van der Waals surface area contributed by atoms with E-state index in [2.05, 4.69) is 28.8 Å². The highest BCUT2D eigenvalue weighted by Crippen LogP contribution is 2.39. The van der Waals surface area contributed by atoms with Crippen molar-refractivity contribution < 1.29 is 32.1 Å². The molecule has 2 amide bonds. The summed E-state index contributed by atoms with van der Waals surface area (Å²) < 4.78 is 46.9. The highest BCUT2D eigenvalue weighted by molar-refractivity contribution is 5.97. The average molecular weight is 469 g/mol. The quantitative estimate of drug-likeness (QED) is 0.528. The molecule has 2 N–H and O–H groups in total. The number of carbonyl (C=O) groups excluding carboxylic acids is 2. The summed E-state index contributed by atoms with van der Waals surface area (Å²) in [6, 6.07) is 9.80. The Morgan fingerprint density at radius 3 is 2.79 bits per heavy atom. The number of hydrogen-bond acceptors (Lipinski definition) is 4. The van der Waals surface area contributed by atoms with Gasteiger partial charge in [0.1, 0.15) is 12.4 Å². The van der Waals surface area contributed by atoms with Crippen LogP contribution < -0.4 is 10.1 Å². The van der Waals surface area contributed by atoms with Gasteiger partial charge in [-0.25, -0.2) is 4.79 Å². The fourth-order valence-electron chi connectivity index (χ4n) is 3.89. The third-order valence-electron chi connectivity index (χ3n) is 5.56. The van der Waals surface area contributed by atoms with Crippen molar-refractivity contribution in [2.24, 2.45) is 0 Å². The minimum atomic E-state index is -4.54. The van der Waals surface area contributed by atoms with Crippen molar-refractivity contribution in [2.45, 2.75) is 25.1 Å². The van der Waals surface area contributed by atoms with Gasteiger partial charge >= 0.3 is 17.9 Å². The summed E-state index contributed by atoms with van der Waals surface area (Å²) in [5.41, 5.74) is 0.593. The summed E-state index contributed by atoms with van der Waals surface area (Å²) in [6.45, 7) is 6.80. The number of aromatic nitrogens is 2. The van der Waals surface area contributed by atoms with Crippen LogP contribution in [0.4, 0.5) is 19.0 Å². The smallest absolute Gasteiger partial charge is 0.416 e. The van der Waals surface area contributed by atoms with Crippen LogP contribution in [-0.4, -0.2) is 33.3 Å². The Morgan fingerprint density at radius 2 is 2.06 bits per heavy atom. The fourth-order valence-corrected chi connectivity index (χ4v) is 3.89. The van der Waals surface area contributed by atoms with Crippen molar-refractivity contribution >= 4 is 24.3 Å². The molecule has 0 saturated heterocycles. The molecule has 7 nitrogen and oxygen atoms in total. The number of alkyl halides is 3. The van der Waals surface area contributed by atoms with E-state index in [4.69, 9.17) is 4.74 Å². The standard InChI is InChI=1S/C24H19F3N4O3/c1-3-28-23(33)17-10-14(16-11-21(32)31(2)22-18(16)12-29-30-22)8-9-20(17)34-13-15-6-4-5-7-19(15)24(25,26)27/h3-10,12,16H,1-2,11,13H2,(H-,28,29,30,33)/p+1. The van der Waals surface area contributed by atoms with E-state index in [-0.39, 0.29) is 29.2 Å². The SMILES string of the molecule is C=CNC(=O)c1cc(C2CC(=O)[N+](=C)c3[nH]ncc32)ccc1OCc1ccccc1C(F)(F)F. The molecule has 1 aliphatic heterocycles. The second kappa shape index (κ2) is 8.97. The molecular formula is C24H20F3N4O3+. The molecule has 34 heavy (non-hydrogen) atoms. The molecular weight excluding hydrogens is 449 g/mol. The Hall–Kier alpha value is -4.21. The second-order valence-electron chi connectivity index (χ2n) is 7.63. The highest BCUT2D eigenvalue weighted by atomic mass is 19.4. The molecule has 0 aliphatic carbocycles. The van der Waals surface area contributed by atoms with Crippen LogP contribution in [0.2, 0.25) is 0 Å². The van der Waals surface area contributed by atoms with Gasteiger partial charge in [-0.05, 0) is 30.0 Å². The van der Waals surface area contributed by atoms with Crippen LogP contribution in [0, 0.1) is 0 Å². The van der Waals surface area contributed by atoms with Gasteiger partial charge in [0.05, 0.1) is 36.0 Å². The van der Waals surface area contributed by atoms with Crippen molar-refractivity contribution in [3.8, 4) is 5.75 Å². The number of fused-ring (bicyclic) bond motifs is 1. The van der Waals surface area contributed by atoms with E-state index in [1.54, 1.807) is 18.3 Å². The van der Waals surface area contributed by atoms with E-state index in [1.165, 1.54) is 35.0 Å². The number of hydrogen-bond donors (Lipinski definition) is 2. The van der Waals surface area contributed by atoms with Crippen molar-refractivity contribution in [1.29, 1.82) is 0 Å². The molecule has 0 radical (unpaired) electrons. The normalized spacial score (nSPS) is 15.6. The van der Waals surface area contributed by atoms with Crippen LogP contribution in [-0.2, 0) is 17.6 Å². The first-order valence-corrected chi connectivity index (χ1v) is 10.2. The largest absolute Gasteiger partial charge is 0.488 e. The summed E-state index contributed by atoms with van der Waals surface area (Å²) in [7, 11) is 0. The van der Waals surface area contributed by atoms with Gasteiger partial charge in [-0.2, -0.15) is 17.7 Å². The number of ether oxygens (including phenoxy) is 1. The Bertz CT molecular complexity index is 1300. The predicted octanol–water partition coefficient (Wildman–Crippen LogP) is 4.29. The number of halogens is 3. The van der Waals surface area contributed by atoms with Gasteiger partial charge in [-0.15, -0.1) is 5.10 Å². The first kappa shape index (κ1) is 23.0. The van der Waals surface area contributed by atoms with Gasteiger partial charge in [0.25, 0.3) is 5.91 Å². The van der Waals surface area contributed by atoms with Crippen molar-refractivity contribution in [2.75, 3.05) is 0 Å². The van der Waals surface area contributed by atoms with Crippen molar-refractivity contribution in [3.05, 3.63) is 89.3 Å². The van der Waals surface area contributed by atoms with Crippen LogP contribution in [0.15, 0.2) is 61.4 Å². The molecule has 10 heteroatoms. The van der Waals surface area contributed by atoms with Crippen LogP contribution in [0.1, 0.15) is 45.0 Å². The molecule has 1 aromatic heterocycles. The molecule has 1 aliphatic rings. The number of rotatable bonds is 6. The van der Waals surface area contributed by atoms with E-state index in [9.17, 15) is 22.8 Å². The molecule has 2 heterocycles. The number of aromatic amines is 1. The van der Waals surface area contributed by atoms with Gasteiger partial charge in [0, 0.05) is 11.5 Å². The number of nitrogens with zero attached hydrogens (tertiary/aromatic N) is 2. The summed E-state index contributed by atoms with van der Waals surface area (Å²) in [6.07, 6.45) is -1.65. The third-order valence-corrected chi connectivity index (χ3v) is 5.56.